The van der Waals surface area contributed by atoms with Crippen LogP contribution < -0.4 is 10.1 Å². The quantitative estimate of drug-likeness (QED) is 0.797. The molecule has 2 aliphatic rings. The molecule has 2 saturated heterocycles. The van der Waals surface area contributed by atoms with E-state index in [0.717, 1.165) is 5.69 Å². The van der Waals surface area contributed by atoms with Crippen molar-refractivity contribution in [2.24, 2.45) is 0 Å². The second-order valence-corrected chi connectivity index (χ2v) is 5.12. The molecule has 1 aromatic heterocycles. The van der Waals surface area contributed by atoms with E-state index in [1.807, 2.05) is 12.1 Å². The minimum absolute atomic E-state index is 0.214. The topological polar surface area (TPSA) is 63.6 Å². The normalized spacial score (nSPS) is 35.2. The van der Waals surface area contributed by atoms with E-state index >= 15 is 0 Å². The van der Waals surface area contributed by atoms with Gasteiger partial charge in [0.25, 0.3) is 0 Å². The summed E-state index contributed by atoms with van der Waals surface area (Å²) in [5.74, 6) is 0.708. The number of nitrogens with one attached hydrogen (secondary N) is 1. The van der Waals surface area contributed by atoms with Crippen molar-refractivity contribution in [3.63, 3.8) is 0 Å². The summed E-state index contributed by atoms with van der Waals surface area (Å²) in [5.41, 5.74) is -0.127. The maximum absolute atomic E-state index is 10.8. The van der Waals surface area contributed by atoms with Gasteiger partial charge in [0.15, 0.2) is 0 Å². The van der Waals surface area contributed by atoms with E-state index in [1.165, 1.54) is 0 Å². The summed E-state index contributed by atoms with van der Waals surface area (Å²) in [5, 5.41) is 14.3. The lowest BCUT2D eigenvalue weighted by Gasteiger charge is -2.44. The molecule has 2 fully saturated rings. The number of hydrogen-bond acceptors (Lipinski definition) is 5. The molecule has 0 aromatic carbocycles. The van der Waals surface area contributed by atoms with Gasteiger partial charge >= 0.3 is 0 Å². The molecule has 2 aliphatic heterocycles. The Morgan fingerprint density at radius 2 is 2.11 bits per heavy atom. The largest absolute Gasteiger partial charge is 0.495 e. The fraction of sp³-hybridized carbons (Fsp3) is 0.615. The summed E-state index contributed by atoms with van der Waals surface area (Å²) < 4.78 is 10.6. The zero-order valence-electron chi connectivity index (χ0n) is 10.4. The first-order chi connectivity index (χ1) is 8.69. The smallest absolute Gasteiger partial charge is 0.137 e. The molecule has 0 spiro atoms. The molecular weight excluding hydrogens is 232 g/mol. The molecule has 5 heteroatoms. The number of ether oxygens (including phenoxy) is 2. The van der Waals surface area contributed by atoms with Gasteiger partial charge in [-0.3, -0.25) is 4.98 Å². The van der Waals surface area contributed by atoms with Crippen molar-refractivity contribution in [1.29, 1.82) is 0 Å². The molecule has 0 aliphatic carbocycles. The predicted molar refractivity (Wildman–Crippen MR) is 65.5 cm³/mol. The van der Waals surface area contributed by atoms with Crippen LogP contribution >= 0.6 is 0 Å². The van der Waals surface area contributed by atoms with Crippen LogP contribution in [0.25, 0.3) is 0 Å². The molecule has 2 N–H and O–H groups in total. The first-order valence-corrected chi connectivity index (χ1v) is 6.26. The van der Waals surface area contributed by atoms with E-state index in [2.05, 4.69) is 10.3 Å². The summed E-state index contributed by atoms with van der Waals surface area (Å²) in [6, 6.07) is 4.12. The van der Waals surface area contributed by atoms with Crippen LogP contribution in [-0.4, -0.2) is 42.5 Å². The van der Waals surface area contributed by atoms with E-state index in [1.54, 1.807) is 13.3 Å². The van der Waals surface area contributed by atoms with Crippen molar-refractivity contribution in [1.82, 2.24) is 10.3 Å². The van der Waals surface area contributed by atoms with Crippen LogP contribution in [0.15, 0.2) is 18.3 Å². The van der Waals surface area contributed by atoms with Gasteiger partial charge in [0.2, 0.25) is 0 Å². The lowest BCUT2D eigenvalue weighted by atomic mass is 9.80. The average Bonchev–Trinajstić information content (AvgIpc) is 2.38. The Morgan fingerprint density at radius 1 is 1.39 bits per heavy atom. The Kier molecular flexibility index (Phi) is 2.97. The maximum Gasteiger partial charge on any atom is 0.137 e. The zero-order valence-corrected chi connectivity index (χ0v) is 10.4. The van der Waals surface area contributed by atoms with Gasteiger partial charge < -0.3 is 19.9 Å². The van der Waals surface area contributed by atoms with Gasteiger partial charge in [0.1, 0.15) is 11.4 Å². The summed E-state index contributed by atoms with van der Waals surface area (Å²) in [6.45, 7) is 1.32. The van der Waals surface area contributed by atoms with Crippen molar-refractivity contribution in [2.75, 3.05) is 20.3 Å². The third-order valence-corrected chi connectivity index (χ3v) is 3.73. The molecule has 0 radical (unpaired) electrons. The highest BCUT2D eigenvalue weighted by molar-refractivity contribution is 5.24. The van der Waals surface area contributed by atoms with Crippen LogP contribution in [-0.2, 0) is 10.3 Å². The molecule has 3 heterocycles. The first kappa shape index (κ1) is 11.9. The summed E-state index contributed by atoms with van der Waals surface area (Å²) in [4.78, 5) is 4.33. The number of aromatic nitrogens is 1. The van der Waals surface area contributed by atoms with Crippen LogP contribution in [0.1, 0.15) is 18.5 Å². The number of rotatable bonds is 2. The SMILES string of the molecule is COc1ccc(C2(O)CC3COCC(C2)N3)nc1. The van der Waals surface area contributed by atoms with Crippen LogP contribution in [0.5, 0.6) is 5.75 Å². The number of hydrogen-bond donors (Lipinski definition) is 2. The van der Waals surface area contributed by atoms with E-state index in [9.17, 15) is 5.11 Å². The highest BCUT2D eigenvalue weighted by Crippen LogP contribution is 2.35. The van der Waals surface area contributed by atoms with Crippen molar-refractivity contribution < 1.29 is 14.6 Å². The maximum atomic E-state index is 10.8. The van der Waals surface area contributed by atoms with Crippen molar-refractivity contribution in [3.05, 3.63) is 24.0 Å². The fourth-order valence-corrected chi connectivity index (χ4v) is 2.90. The van der Waals surface area contributed by atoms with Crippen LogP contribution in [0, 0.1) is 0 Å². The van der Waals surface area contributed by atoms with Crippen LogP contribution in [0.4, 0.5) is 0 Å². The summed E-state index contributed by atoms with van der Waals surface area (Å²) >= 11 is 0. The van der Waals surface area contributed by atoms with Gasteiger partial charge in [-0.2, -0.15) is 0 Å². The summed E-state index contributed by atoms with van der Waals surface area (Å²) in [6.07, 6.45) is 2.94. The molecule has 5 nitrogen and oxygen atoms in total. The Morgan fingerprint density at radius 3 is 2.67 bits per heavy atom. The second-order valence-electron chi connectivity index (χ2n) is 5.12. The Balaban J connectivity index is 1.84. The van der Waals surface area contributed by atoms with Crippen molar-refractivity contribution in [3.8, 4) is 5.75 Å². The number of piperidine rings is 1. The van der Waals surface area contributed by atoms with Gasteiger partial charge in [0.05, 0.1) is 32.2 Å². The molecule has 2 bridgehead atoms. The zero-order chi connectivity index (χ0) is 12.6. The van der Waals surface area contributed by atoms with Crippen molar-refractivity contribution in [2.45, 2.75) is 30.5 Å². The average molecular weight is 250 g/mol. The number of morpholine rings is 1. The Labute approximate surface area is 106 Å². The van der Waals surface area contributed by atoms with Gasteiger partial charge in [-0.05, 0) is 25.0 Å². The third kappa shape index (κ3) is 2.09. The highest BCUT2D eigenvalue weighted by atomic mass is 16.5. The predicted octanol–water partition coefficient (Wildman–Crippen LogP) is 0.429. The van der Waals surface area contributed by atoms with Crippen LogP contribution in [0.3, 0.4) is 0 Å². The molecular formula is C13H18N2O3. The fourth-order valence-electron chi connectivity index (χ4n) is 2.90. The number of methoxy groups -OCH3 is 1. The number of aliphatic hydroxyl groups is 1. The van der Waals surface area contributed by atoms with E-state index in [-0.39, 0.29) is 12.1 Å². The molecule has 1 aromatic rings. The third-order valence-electron chi connectivity index (χ3n) is 3.73. The second kappa shape index (κ2) is 4.50. The monoisotopic (exact) mass is 250 g/mol. The van der Waals surface area contributed by atoms with Gasteiger partial charge in [-0.25, -0.2) is 0 Å². The molecule has 18 heavy (non-hydrogen) atoms. The number of fused-ring (bicyclic) bond motifs is 2. The highest BCUT2D eigenvalue weighted by Gasteiger charge is 2.43. The van der Waals surface area contributed by atoms with Gasteiger partial charge in [0, 0.05) is 12.1 Å². The van der Waals surface area contributed by atoms with E-state index < -0.39 is 5.60 Å². The standard InChI is InChI=1S/C13H18N2O3/c1-17-11-2-3-12(14-6-11)13(16)4-9-7-18-8-10(5-13)15-9/h2-3,6,9-10,15-16H,4-5,7-8H2,1H3. The summed E-state index contributed by atoms with van der Waals surface area (Å²) in [7, 11) is 1.61. The molecule has 3 rings (SSSR count). The van der Waals surface area contributed by atoms with Gasteiger partial charge in [-0.15, -0.1) is 0 Å². The number of nitrogens with zero attached hydrogens (tertiary/aromatic N) is 1. The first-order valence-electron chi connectivity index (χ1n) is 6.26. The Bertz CT molecular complexity index is 409. The lowest BCUT2D eigenvalue weighted by Crippen LogP contribution is -2.58. The van der Waals surface area contributed by atoms with E-state index in [0.29, 0.717) is 31.8 Å². The van der Waals surface area contributed by atoms with Crippen molar-refractivity contribution >= 4 is 0 Å². The lowest BCUT2D eigenvalue weighted by molar-refractivity contribution is -0.0824. The van der Waals surface area contributed by atoms with Crippen LogP contribution in [0.2, 0.25) is 0 Å². The molecule has 0 amide bonds. The minimum atomic E-state index is -0.851. The molecule has 2 atom stereocenters. The molecule has 0 saturated carbocycles. The number of pyridine rings is 1. The van der Waals surface area contributed by atoms with Gasteiger partial charge in [-0.1, -0.05) is 0 Å². The molecule has 2 unspecified atom stereocenters. The molecule has 98 valence electrons. The minimum Gasteiger partial charge on any atom is -0.495 e. The Hall–Kier alpha value is -1.17. The van der Waals surface area contributed by atoms with E-state index in [4.69, 9.17) is 9.47 Å².